The molecule has 13 heavy (non-hydrogen) atoms. The van der Waals surface area contributed by atoms with Gasteiger partial charge in [-0.3, -0.25) is 4.79 Å². The van der Waals surface area contributed by atoms with E-state index in [1.165, 1.54) is 25.7 Å². The zero-order valence-electron chi connectivity index (χ0n) is 7.83. The maximum absolute atomic E-state index is 11.3. The van der Waals surface area contributed by atoms with Crippen molar-refractivity contribution in [3.8, 4) is 0 Å². The number of nitrogens with one attached hydrogen (secondary N) is 1. The van der Waals surface area contributed by atoms with Gasteiger partial charge in [0.15, 0.2) is 0 Å². The molecule has 0 aromatic rings. The highest BCUT2D eigenvalue weighted by Gasteiger charge is 2.37. The molecule has 3 nitrogen and oxygen atoms in total. The normalized spacial score (nSPS) is 38.3. The van der Waals surface area contributed by atoms with E-state index in [4.69, 9.17) is 0 Å². The Labute approximate surface area is 78.6 Å². The molecule has 1 amide bonds. The van der Waals surface area contributed by atoms with E-state index in [1.54, 1.807) is 0 Å². The standard InChI is InChI=1S/C10H16N2O/c1-11-10(13)9-6-7-4-2-3-5-8(7)12-9/h7-9,12H,1-6H2/t7-,8-,9-/m1/s1. The van der Waals surface area contributed by atoms with Gasteiger partial charge in [0.1, 0.15) is 0 Å². The van der Waals surface area contributed by atoms with Gasteiger partial charge < -0.3 is 5.32 Å². The maximum atomic E-state index is 11.3. The van der Waals surface area contributed by atoms with Gasteiger partial charge in [0.25, 0.3) is 5.91 Å². The summed E-state index contributed by atoms with van der Waals surface area (Å²) in [6, 6.07) is 0.537. The fraction of sp³-hybridized carbons (Fsp3) is 0.800. The summed E-state index contributed by atoms with van der Waals surface area (Å²) in [5.41, 5.74) is 0. The third-order valence-corrected chi connectivity index (χ3v) is 3.32. The van der Waals surface area contributed by atoms with E-state index >= 15 is 0 Å². The number of carbonyl (C=O) groups is 1. The van der Waals surface area contributed by atoms with Gasteiger partial charge in [-0.1, -0.05) is 12.8 Å². The van der Waals surface area contributed by atoms with Gasteiger partial charge in [0.2, 0.25) is 0 Å². The van der Waals surface area contributed by atoms with Crippen molar-refractivity contribution in [2.24, 2.45) is 10.9 Å². The first-order valence-corrected chi connectivity index (χ1v) is 5.08. The minimum atomic E-state index is -0.0746. The fourth-order valence-corrected chi connectivity index (χ4v) is 2.62. The molecule has 0 radical (unpaired) electrons. The van der Waals surface area contributed by atoms with Crippen LogP contribution in [0, 0.1) is 5.92 Å². The van der Waals surface area contributed by atoms with E-state index in [0.29, 0.717) is 12.0 Å². The minimum absolute atomic E-state index is 0.0365. The summed E-state index contributed by atoms with van der Waals surface area (Å²) in [6.07, 6.45) is 6.11. The lowest BCUT2D eigenvalue weighted by Crippen LogP contribution is -2.36. The van der Waals surface area contributed by atoms with E-state index < -0.39 is 0 Å². The molecule has 2 rings (SSSR count). The van der Waals surface area contributed by atoms with Crippen molar-refractivity contribution < 1.29 is 4.79 Å². The van der Waals surface area contributed by atoms with Gasteiger partial charge in [0, 0.05) is 6.04 Å². The zero-order valence-corrected chi connectivity index (χ0v) is 7.83. The summed E-state index contributed by atoms with van der Waals surface area (Å²) in [4.78, 5) is 14.7. The minimum Gasteiger partial charge on any atom is -0.303 e. The average Bonchev–Trinajstić information content (AvgIpc) is 2.59. The van der Waals surface area contributed by atoms with Crippen LogP contribution < -0.4 is 5.32 Å². The van der Waals surface area contributed by atoms with Crippen LogP contribution in [0.3, 0.4) is 0 Å². The maximum Gasteiger partial charge on any atom is 0.262 e. The van der Waals surface area contributed by atoms with Crippen LogP contribution in [0.1, 0.15) is 32.1 Å². The Morgan fingerprint density at radius 1 is 1.38 bits per heavy atom. The lowest BCUT2D eigenvalue weighted by molar-refractivity contribution is -0.119. The number of hydrogen-bond donors (Lipinski definition) is 1. The van der Waals surface area contributed by atoms with Gasteiger partial charge in [-0.15, -0.1) is 0 Å². The van der Waals surface area contributed by atoms with Gasteiger partial charge in [-0.05, 0) is 31.9 Å². The molecule has 72 valence electrons. The summed E-state index contributed by atoms with van der Waals surface area (Å²) in [5.74, 6) is 0.638. The second kappa shape index (κ2) is 3.58. The number of aliphatic imine (C=N–C) groups is 1. The molecule has 0 spiro atoms. The molecule has 3 heteroatoms. The van der Waals surface area contributed by atoms with Crippen LogP contribution in [0.15, 0.2) is 4.99 Å². The van der Waals surface area contributed by atoms with E-state index in [2.05, 4.69) is 17.0 Å². The molecule has 1 saturated heterocycles. The Hall–Kier alpha value is -0.700. The molecule has 1 aliphatic heterocycles. The Kier molecular flexibility index (Phi) is 2.44. The molecule has 0 bridgehead atoms. The van der Waals surface area contributed by atoms with Crippen LogP contribution in [0.25, 0.3) is 0 Å². The quantitative estimate of drug-likeness (QED) is 0.615. The fourth-order valence-electron chi connectivity index (χ4n) is 2.62. The zero-order chi connectivity index (χ0) is 9.26. The van der Waals surface area contributed by atoms with Crippen molar-refractivity contribution in [3.63, 3.8) is 0 Å². The number of hydrogen-bond acceptors (Lipinski definition) is 2. The highest BCUT2D eigenvalue weighted by atomic mass is 16.1. The lowest BCUT2D eigenvalue weighted by Gasteiger charge is -2.24. The van der Waals surface area contributed by atoms with Gasteiger partial charge in [0.05, 0.1) is 6.04 Å². The molecule has 0 aromatic heterocycles. The van der Waals surface area contributed by atoms with Gasteiger partial charge in [-0.25, -0.2) is 4.99 Å². The summed E-state index contributed by atoms with van der Waals surface area (Å²) < 4.78 is 0. The lowest BCUT2D eigenvalue weighted by atomic mass is 9.85. The Balaban J connectivity index is 1.98. The van der Waals surface area contributed by atoms with Crippen molar-refractivity contribution in [2.45, 2.75) is 44.2 Å². The Morgan fingerprint density at radius 2 is 2.15 bits per heavy atom. The molecule has 0 unspecified atom stereocenters. The van der Waals surface area contributed by atoms with Crippen molar-refractivity contribution in [2.75, 3.05) is 0 Å². The number of amides is 1. The van der Waals surface area contributed by atoms with Crippen LogP contribution in [0.5, 0.6) is 0 Å². The van der Waals surface area contributed by atoms with E-state index in [1.807, 2.05) is 0 Å². The monoisotopic (exact) mass is 180 g/mol. The molecule has 2 fully saturated rings. The SMILES string of the molecule is C=NC(=O)[C@H]1C[C@H]2CCCC[C@H]2N1. The predicted molar refractivity (Wildman–Crippen MR) is 51.8 cm³/mol. The number of carbonyl (C=O) groups excluding carboxylic acids is 1. The van der Waals surface area contributed by atoms with E-state index in [9.17, 15) is 4.79 Å². The van der Waals surface area contributed by atoms with E-state index in [-0.39, 0.29) is 11.9 Å². The predicted octanol–water partition coefficient (Wildman–Crippen LogP) is 1.13. The molecule has 2 aliphatic rings. The van der Waals surface area contributed by atoms with Crippen LogP contribution in [-0.4, -0.2) is 24.7 Å². The van der Waals surface area contributed by atoms with Crippen LogP contribution in [-0.2, 0) is 4.79 Å². The molecular weight excluding hydrogens is 164 g/mol. The first-order valence-electron chi connectivity index (χ1n) is 5.08. The highest BCUT2D eigenvalue weighted by Crippen LogP contribution is 2.33. The molecule has 3 atom stereocenters. The van der Waals surface area contributed by atoms with Crippen molar-refractivity contribution in [3.05, 3.63) is 0 Å². The molecule has 0 aromatic carbocycles. The number of fused-ring (bicyclic) bond motifs is 1. The van der Waals surface area contributed by atoms with Crippen LogP contribution in [0.4, 0.5) is 0 Å². The van der Waals surface area contributed by atoms with Gasteiger partial charge >= 0.3 is 0 Å². The third kappa shape index (κ3) is 1.66. The van der Waals surface area contributed by atoms with Crippen molar-refractivity contribution >= 4 is 12.6 Å². The Bertz CT molecular complexity index is 213. The molecule has 1 N–H and O–H groups in total. The van der Waals surface area contributed by atoms with Crippen LogP contribution >= 0.6 is 0 Å². The summed E-state index contributed by atoms with van der Waals surface area (Å²) in [6.45, 7) is 3.28. The van der Waals surface area contributed by atoms with Crippen molar-refractivity contribution in [1.29, 1.82) is 0 Å². The van der Waals surface area contributed by atoms with Crippen molar-refractivity contribution in [1.82, 2.24) is 5.32 Å². The summed E-state index contributed by atoms with van der Waals surface area (Å²) >= 11 is 0. The summed E-state index contributed by atoms with van der Waals surface area (Å²) in [7, 11) is 0. The molecule has 1 aliphatic carbocycles. The third-order valence-electron chi connectivity index (χ3n) is 3.32. The second-order valence-electron chi connectivity index (χ2n) is 4.10. The highest BCUT2D eigenvalue weighted by molar-refractivity contribution is 5.86. The Morgan fingerprint density at radius 3 is 2.85 bits per heavy atom. The van der Waals surface area contributed by atoms with Crippen LogP contribution in [0.2, 0.25) is 0 Å². The first kappa shape index (κ1) is 8.88. The second-order valence-corrected chi connectivity index (χ2v) is 4.10. The van der Waals surface area contributed by atoms with E-state index in [0.717, 1.165) is 6.42 Å². The topological polar surface area (TPSA) is 41.5 Å². The first-order chi connectivity index (χ1) is 6.31. The van der Waals surface area contributed by atoms with Gasteiger partial charge in [-0.2, -0.15) is 0 Å². The number of nitrogens with zero attached hydrogens (tertiary/aromatic N) is 1. The molecule has 1 heterocycles. The molecule has 1 saturated carbocycles. The largest absolute Gasteiger partial charge is 0.303 e. The average molecular weight is 180 g/mol. The summed E-state index contributed by atoms with van der Waals surface area (Å²) in [5, 5.41) is 3.36. The number of rotatable bonds is 1. The molecular formula is C10H16N2O. The smallest absolute Gasteiger partial charge is 0.262 e.